The van der Waals surface area contributed by atoms with Crippen LogP contribution in [0.5, 0.6) is 0 Å². The van der Waals surface area contributed by atoms with Crippen molar-refractivity contribution in [3.63, 3.8) is 0 Å². The van der Waals surface area contributed by atoms with Gasteiger partial charge in [-0.1, -0.05) is 19.1 Å². The van der Waals surface area contributed by atoms with Gasteiger partial charge in [0.25, 0.3) is 5.91 Å². The maximum absolute atomic E-state index is 12.5. The van der Waals surface area contributed by atoms with Crippen molar-refractivity contribution in [3.8, 4) is 0 Å². The molecule has 23 heavy (non-hydrogen) atoms. The lowest BCUT2D eigenvalue weighted by molar-refractivity contribution is 0.0938. The number of amides is 1. The zero-order valence-corrected chi connectivity index (χ0v) is 13.3. The van der Waals surface area contributed by atoms with Crippen molar-refractivity contribution in [2.75, 3.05) is 6.54 Å². The summed E-state index contributed by atoms with van der Waals surface area (Å²) in [5.41, 5.74) is 10.3. The first-order valence-electron chi connectivity index (χ1n) is 7.80. The third-order valence-electron chi connectivity index (χ3n) is 3.98. The molecule has 5 heteroatoms. The third-order valence-corrected chi connectivity index (χ3v) is 3.98. The van der Waals surface area contributed by atoms with E-state index >= 15 is 0 Å². The molecule has 0 aliphatic rings. The van der Waals surface area contributed by atoms with Crippen LogP contribution in [0.4, 0.5) is 0 Å². The summed E-state index contributed by atoms with van der Waals surface area (Å²) in [4.78, 5) is 21.8. The molecule has 3 N–H and O–H groups in total. The van der Waals surface area contributed by atoms with Gasteiger partial charge < -0.3 is 11.1 Å². The lowest BCUT2D eigenvalue weighted by atomic mass is 10.1. The zero-order valence-electron chi connectivity index (χ0n) is 13.3. The van der Waals surface area contributed by atoms with Crippen LogP contribution in [0.25, 0.3) is 22.1 Å². The van der Waals surface area contributed by atoms with Gasteiger partial charge in [-0.25, -0.2) is 9.97 Å². The van der Waals surface area contributed by atoms with Gasteiger partial charge >= 0.3 is 0 Å². The Labute approximate surface area is 134 Å². The van der Waals surface area contributed by atoms with Gasteiger partial charge in [0.05, 0.1) is 22.1 Å². The van der Waals surface area contributed by atoms with E-state index in [1.54, 1.807) is 6.07 Å². The molecule has 0 radical (unpaired) electrons. The molecule has 2 aromatic carbocycles. The molecular weight excluding hydrogens is 288 g/mol. The molecule has 0 aliphatic heterocycles. The summed E-state index contributed by atoms with van der Waals surface area (Å²) in [5, 5.41) is 2.95. The molecule has 0 saturated heterocycles. The second-order valence-corrected chi connectivity index (χ2v) is 5.70. The van der Waals surface area contributed by atoms with Gasteiger partial charge in [-0.15, -0.1) is 0 Å². The van der Waals surface area contributed by atoms with E-state index in [-0.39, 0.29) is 11.9 Å². The highest BCUT2D eigenvalue weighted by atomic mass is 16.1. The normalized spacial score (nSPS) is 12.5. The molecule has 0 aliphatic carbocycles. The first kappa shape index (κ1) is 15.4. The van der Waals surface area contributed by atoms with Gasteiger partial charge in [0.15, 0.2) is 0 Å². The smallest absolute Gasteiger partial charge is 0.253 e. The Morgan fingerprint density at radius 2 is 2.00 bits per heavy atom. The Bertz CT molecular complexity index is 871. The molecule has 5 nitrogen and oxygen atoms in total. The molecule has 0 spiro atoms. The van der Waals surface area contributed by atoms with Gasteiger partial charge in [-0.3, -0.25) is 4.79 Å². The number of nitrogens with one attached hydrogen (secondary N) is 1. The highest BCUT2D eigenvalue weighted by Crippen LogP contribution is 2.20. The van der Waals surface area contributed by atoms with Crippen LogP contribution in [0.2, 0.25) is 0 Å². The standard InChI is InChI=1S/C18H20N4O/c1-3-12(10-19)20-18(23)13-5-4-6-15-17(13)22-14-8-7-11(2)9-16(14)21-15/h4-9,12H,3,10,19H2,1-2H3,(H,20,23). The van der Waals surface area contributed by atoms with E-state index in [1.165, 1.54) is 0 Å². The fraction of sp³-hybridized carbons (Fsp3) is 0.278. The van der Waals surface area contributed by atoms with E-state index in [2.05, 4.69) is 15.3 Å². The van der Waals surface area contributed by atoms with Crippen molar-refractivity contribution in [3.05, 3.63) is 47.5 Å². The number of carbonyl (C=O) groups excluding carboxylic acids is 1. The largest absolute Gasteiger partial charge is 0.348 e. The van der Waals surface area contributed by atoms with Crippen molar-refractivity contribution in [2.45, 2.75) is 26.3 Å². The number of hydrogen-bond acceptors (Lipinski definition) is 4. The van der Waals surface area contributed by atoms with Crippen LogP contribution in [-0.4, -0.2) is 28.5 Å². The van der Waals surface area contributed by atoms with Crippen molar-refractivity contribution in [2.24, 2.45) is 5.73 Å². The molecule has 118 valence electrons. The maximum atomic E-state index is 12.5. The summed E-state index contributed by atoms with van der Waals surface area (Å²) in [7, 11) is 0. The molecule has 1 heterocycles. The molecule has 1 aromatic heterocycles. The van der Waals surface area contributed by atoms with E-state index < -0.39 is 0 Å². The number of para-hydroxylation sites is 1. The lowest BCUT2D eigenvalue weighted by Gasteiger charge is -2.15. The van der Waals surface area contributed by atoms with E-state index in [0.29, 0.717) is 17.6 Å². The summed E-state index contributed by atoms with van der Waals surface area (Å²) < 4.78 is 0. The predicted molar refractivity (Wildman–Crippen MR) is 92.4 cm³/mol. The van der Waals surface area contributed by atoms with Crippen LogP contribution in [0.15, 0.2) is 36.4 Å². The highest BCUT2D eigenvalue weighted by molar-refractivity contribution is 6.06. The number of hydrogen-bond donors (Lipinski definition) is 2. The van der Waals surface area contributed by atoms with Crippen LogP contribution < -0.4 is 11.1 Å². The van der Waals surface area contributed by atoms with E-state index in [9.17, 15) is 4.79 Å². The predicted octanol–water partition coefficient (Wildman–Crippen LogP) is 2.56. The maximum Gasteiger partial charge on any atom is 0.253 e. The van der Waals surface area contributed by atoms with Crippen LogP contribution in [0, 0.1) is 6.92 Å². The summed E-state index contributed by atoms with van der Waals surface area (Å²) in [6, 6.07) is 11.4. The summed E-state index contributed by atoms with van der Waals surface area (Å²) in [6.07, 6.45) is 0.793. The summed E-state index contributed by atoms with van der Waals surface area (Å²) in [5.74, 6) is -0.159. The number of rotatable bonds is 4. The number of nitrogens with zero attached hydrogens (tertiary/aromatic N) is 2. The van der Waals surface area contributed by atoms with E-state index in [0.717, 1.165) is 28.5 Å². The minimum absolute atomic E-state index is 0.0335. The fourth-order valence-electron chi connectivity index (χ4n) is 2.58. The minimum Gasteiger partial charge on any atom is -0.348 e. The topological polar surface area (TPSA) is 80.9 Å². The van der Waals surface area contributed by atoms with E-state index in [4.69, 9.17) is 5.73 Å². The first-order valence-corrected chi connectivity index (χ1v) is 7.80. The molecular formula is C18H20N4O. The second kappa shape index (κ2) is 6.30. The molecule has 3 rings (SSSR count). The number of nitrogens with two attached hydrogens (primary N) is 1. The van der Waals surface area contributed by atoms with Crippen LogP contribution >= 0.6 is 0 Å². The van der Waals surface area contributed by atoms with Crippen molar-refractivity contribution in [1.29, 1.82) is 0 Å². The Morgan fingerprint density at radius 1 is 1.17 bits per heavy atom. The number of carbonyl (C=O) groups is 1. The van der Waals surface area contributed by atoms with Crippen molar-refractivity contribution >= 4 is 28.0 Å². The average molecular weight is 308 g/mol. The van der Waals surface area contributed by atoms with Gasteiger partial charge in [0.1, 0.15) is 5.52 Å². The zero-order chi connectivity index (χ0) is 16.4. The Morgan fingerprint density at radius 3 is 2.74 bits per heavy atom. The second-order valence-electron chi connectivity index (χ2n) is 5.70. The van der Waals surface area contributed by atoms with E-state index in [1.807, 2.05) is 44.2 Å². The quantitative estimate of drug-likeness (QED) is 0.726. The first-order chi connectivity index (χ1) is 11.1. The Balaban J connectivity index is 2.10. The fourth-order valence-corrected chi connectivity index (χ4v) is 2.58. The molecule has 3 aromatic rings. The third kappa shape index (κ3) is 3.00. The summed E-state index contributed by atoms with van der Waals surface area (Å²) in [6.45, 7) is 4.43. The monoisotopic (exact) mass is 308 g/mol. The minimum atomic E-state index is -0.159. The SMILES string of the molecule is CCC(CN)NC(=O)c1cccc2nc3cc(C)ccc3nc12. The molecule has 1 atom stereocenters. The van der Waals surface area contributed by atoms with Gasteiger partial charge in [-0.2, -0.15) is 0 Å². The number of benzene rings is 2. The Hall–Kier alpha value is -2.53. The molecule has 1 amide bonds. The molecule has 1 unspecified atom stereocenters. The van der Waals surface area contributed by atoms with Gasteiger partial charge in [0.2, 0.25) is 0 Å². The van der Waals surface area contributed by atoms with Gasteiger partial charge in [-0.05, 0) is 43.2 Å². The van der Waals surface area contributed by atoms with Crippen molar-refractivity contribution in [1.82, 2.24) is 15.3 Å². The van der Waals surface area contributed by atoms with Crippen LogP contribution in [0.1, 0.15) is 29.3 Å². The van der Waals surface area contributed by atoms with Crippen molar-refractivity contribution < 1.29 is 4.79 Å². The lowest BCUT2D eigenvalue weighted by Crippen LogP contribution is -2.39. The van der Waals surface area contributed by atoms with Crippen LogP contribution in [-0.2, 0) is 0 Å². The Kier molecular flexibility index (Phi) is 4.21. The van der Waals surface area contributed by atoms with Gasteiger partial charge in [0, 0.05) is 12.6 Å². The average Bonchev–Trinajstić information content (AvgIpc) is 2.57. The number of aryl methyl sites for hydroxylation is 1. The summed E-state index contributed by atoms with van der Waals surface area (Å²) >= 11 is 0. The molecule has 0 fully saturated rings. The van der Waals surface area contributed by atoms with Crippen LogP contribution in [0.3, 0.4) is 0 Å². The number of aromatic nitrogens is 2. The highest BCUT2D eigenvalue weighted by Gasteiger charge is 2.15. The molecule has 0 saturated carbocycles. The number of fused-ring (bicyclic) bond motifs is 2. The molecule has 0 bridgehead atoms.